The van der Waals surface area contributed by atoms with Crippen LogP contribution in [-0.4, -0.2) is 27.2 Å². The first-order valence-electron chi connectivity index (χ1n) is 5.20. The number of nitrogens with zero attached hydrogens (tertiary/aromatic N) is 1. The van der Waals surface area contributed by atoms with Gasteiger partial charge < -0.3 is 4.74 Å². The fourth-order valence-corrected chi connectivity index (χ4v) is 1.42. The van der Waals surface area contributed by atoms with Gasteiger partial charge in [-0.2, -0.15) is 0 Å². The van der Waals surface area contributed by atoms with Gasteiger partial charge in [-0.15, -0.1) is 0 Å². The number of H-pyrrole nitrogens is 2. The molecule has 0 saturated carbocycles. The average molecular weight is 249 g/mol. The Balaban J connectivity index is 2.25. The van der Waals surface area contributed by atoms with E-state index in [4.69, 9.17) is 4.74 Å². The average Bonchev–Trinajstić information content (AvgIpc) is 2.67. The summed E-state index contributed by atoms with van der Waals surface area (Å²) in [6.07, 6.45) is 0. The van der Waals surface area contributed by atoms with E-state index in [9.17, 15) is 14.4 Å². The lowest BCUT2D eigenvalue weighted by atomic mass is 10.3. The Morgan fingerprint density at radius 2 is 1.72 bits per heavy atom. The van der Waals surface area contributed by atoms with Gasteiger partial charge in [0, 0.05) is 0 Å². The van der Waals surface area contributed by atoms with Gasteiger partial charge in [0.2, 0.25) is 0 Å². The molecule has 0 aliphatic heterocycles. The quantitative estimate of drug-likeness (QED) is 0.785. The van der Waals surface area contributed by atoms with E-state index in [2.05, 4.69) is 10.2 Å². The van der Waals surface area contributed by atoms with Crippen molar-refractivity contribution in [2.45, 2.75) is 6.92 Å². The molecular weight excluding hydrogens is 238 g/mol. The van der Waals surface area contributed by atoms with Crippen molar-refractivity contribution in [3.05, 3.63) is 45.2 Å². The standard InChI is InChI=1S/C11H11N3O4/c1-7(15)6-18-9-4-2-8(3-5-9)14-10(16)12-13-11(14)17/h2-5H,6H2,1H3,(H,12,16)(H,13,17). The lowest BCUT2D eigenvalue weighted by Crippen LogP contribution is -2.24. The predicted octanol–water partition coefficient (Wildman–Crippen LogP) is -0.178. The largest absolute Gasteiger partial charge is 0.486 e. The predicted molar refractivity (Wildman–Crippen MR) is 63.2 cm³/mol. The molecule has 1 aromatic heterocycles. The van der Waals surface area contributed by atoms with Crippen LogP contribution in [0.2, 0.25) is 0 Å². The van der Waals surface area contributed by atoms with E-state index in [1.807, 2.05) is 0 Å². The van der Waals surface area contributed by atoms with Crippen molar-refractivity contribution in [2.75, 3.05) is 6.61 Å². The molecular formula is C11H11N3O4. The second-order valence-electron chi connectivity index (χ2n) is 3.68. The van der Waals surface area contributed by atoms with Gasteiger partial charge in [0.1, 0.15) is 12.4 Å². The first kappa shape index (κ1) is 11.9. The summed E-state index contributed by atoms with van der Waals surface area (Å²) < 4.78 is 6.12. The summed E-state index contributed by atoms with van der Waals surface area (Å²) >= 11 is 0. The number of ether oxygens (including phenoxy) is 1. The number of Topliss-reactive ketones (excluding diaryl/α,β-unsaturated/α-hetero) is 1. The van der Waals surface area contributed by atoms with Crippen LogP contribution >= 0.6 is 0 Å². The highest BCUT2D eigenvalue weighted by Crippen LogP contribution is 2.13. The number of carbonyl (C=O) groups is 1. The number of rotatable bonds is 4. The number of carbonyl (C=O) groups excluding carboxylic acids is 1. The zero-order chi connectivity index (χ0) is 13.1. The third-order valence-corrected chi connectivity index (χ3v) is 2.22. The van der Waals surface area contributed by atoms with E-state index < -0.39 is 11.4 Å². The highest BCUT2D eigenvalue weighted by molar-refractivity contribution is 5.77. The first-order valence-corrected chi connectivity index (χ1v) is 5.20. The van der Waals surface area contributed by atoms with Crippen molar-refractivity contribution in [1.82, 2.24) is 14.8 Å². The van der Waals surface area contributed by atoms with Crippen LogP contribution in [0.5, 0.6) is 5.75 Å². The summed E-state index contributed by atoms with van der Waals surface area (Å²) in [6, 6.07) is 6.27. The minimum absolute atomic E-state index is 0.00989. The van der Waals surface area contributed by atoms with Crippen molar-refractivity contribution in [2.24, 2.45) is 0 Å². The summed E-state index contributed by atoms with van der Waals surface area (Å²) in [5.74, 6) is 0.409. The zero-order valence-electron chi connectivity index (χ0n) is 9.60. The monoisotopic (exact) mass is 249 g/mol. The number of aromatic nitrogens is 3. The Kier molecular flexibility index (Phi) is 3.13. The molecule has 0 radical (unpaired) electrons. The highest BCUT2D eigenvalue weighted by atomic mass is 16.5. The number of aromatic amines is 2. The van der Waals surface area contributed by atoms with Gasteiger partial charge in [-0.05, 0) is 31.2 Å². The maximum Gasteiger partial charge on any atom is 0.348 e. The van der Waals surface area contributed by atoms with Crippen molar-refractivity contribution in [1.29, 1.82) is 0 Å². The normalized spacial score (nSPS) is 10.3. The molecule has 0 unspecified atom stereocenters. The van der Waals surface area contributed by atoms with Gasteiger partial charge in [-0.1, -0.05) is 0 Å². The molecule has 0 bridgehead atoms. The molecule has 0 spiro atoms. The van der Waals surface area contributed by atoms with Crippen LogP contribution in [0, 0.1) is 0 Å². The van der Waals surface area contributed by atoms with Crippen molar-refractivity contribution in [3.63, 3.8) is 0 Å². The minimum Gasteiger partial charge on any atom is -0.486 e. The van der Waals surface area contributed by atoms with Crippen LogP contribution in [-0.2, 0) is 4.79 Å². The molecule has 0 amide bonds. The molecule has 2 rings (SSSR count). The van der Waals surface area contributed by atoms with E-state index in [-0.39, 0.29) is 12.4 Å². The highest BCUT2D eigenvalue weighted by Gasteiger charge is 2.05. The van der Waals surface area contributed by atoms with Gasteiger partial charge in [-0.25, -0.2) is 24.4 Å². The molecule has 7 heteroatoms. The number of nitrogens with one attached hydrogen (secondary N) is 2. The molecule has 1 heterocycles. The van der Waals surface area contributed by atoms with Gasteiger partial charge in [0.15, 0.2) is 5.78 Å². The van der Waals surface area contributed by atoms with Gasteiger partial charge in [-0.3, -0.25) is 4.79 Å². The van der Waals surface area contributed by atoms with Crippen molar-refractivity contribution >= 4 is 5.78 Å². The molecule has 7 nitrogen and oxygen atoms in total. The van der Waals surface area contributed by atoms with E-state index >= 15 is 0 Å². The summed E-state index contributed by atoms with van der Waals surface area (Å²) in [4.78, 5) is 33.4. The number of hydrogen-bond donors (Lipinski definition) is 2. The molecule has 0 fully saturated rings. The Morgan fingerprint density at radius 1 is 1.17 bits per heavy atom. The molecule has 0 aliphatic carbocycles. The number of hydrogen-bond acceptors (Lipinski definition) is 4. The Labute approximate surface area is 101 Å². The van der Waals surface area contributed by atoms with Crippen LogP contribution in [0.4, 0.5) is 0 Å². The fourth-order valence-electron chi connectivity index (χ4n) is 1.42. The first-order chi connectivity index (χ1) is 8.58. The fraction of sp³-hybridized carbons (Fsp3) is 0.182. The Bertz CT molecular complexity index is 635. The maximum absolute atomic E-state index is 11.3. The number of ketones is 1. The molecule has 94 valence electrons. The molecule has 18 heavy (non-hydrogen) atoms. The lowest BCUT2D eigenvalue weighted by Gasteiger charge is -2.04. The molecule has 0 saturated heterocycles. The van der Waals surface area contributed by atoms with Crippen molar-refractivity contribution in [3.8, 4) is 11.4 Å². The van der Waals surface area contributed by atoms with E-state index in [1.54, 1.807) is 24.3 Å². The molecule has 0 atom stereocenters. The van der Waals surface area contributed by atoms with Crippen LogP contribution < -0.4 is 16.1 Å². The van der Waals surface area contributed by atoms with Gasteiger partial charge in [0.25, 0.3) is 0 Å². The maximum atomic E-state index is 11.3. The minimum atomic E-state index is -0.544. The smallest absolute Gasteiger partial charge is 0.348 e. The third kappa shape index (κ3) is 2.40. The molecule has 2 N–H and O–H groups in total. The van der Waals surface area contributed by atoms with Crippen LogP contribution in [0.1, 0.15) is 6.92 Å². The van der Waals surface area contributed by atoms with Crippen LogP contribution in [0.25, 0.3) is 5.69 Å². The summed E-state index contributed by atoms with van der Waals surface area (Å²) in [7, 11) is 0. The topological polar surface area (TPSA) is 96.9 Å². The van der Waals surface area contributed by atoms with E-state index in [0.717, 1.165) is 4.57 Å². The third-order valence-electron chi connectivity index (χ3n) is 2.22. The SMILES string of the molecule is CC(=O)COc1ccc(-n2c(=O)[nH][nH]c2=O)cc1. The molecule has 2 aromatic rings. The Hall–Kier alpha value is -2.57. The number of benzene rings is 1. The van der Waals surface area contributed by atoms with E-state index in [1.165, 1.54) is 6.92 Å². The van der Waals surface area contributed by atoms with Gasteiger partial charge in [0.05, 0.1) is 5.69 Å². The molecule has 0 aliphatic rings. The Morgan fingerprint density at radius 3 is 2.22 bits per heavy atom. The van der Waals surface area contributed by atoms with Crippen molar-refractivity contribution < 1.29 is 9.53 Å². The summed E-state index contributed by atoms with van der Waals surface area (Å²) in [5.41, 5.74) is -0.674. The summed E-state index contributed by atoms with van der Waals surface area (Å²) in [5, 5.41) is 4.37. The second kappa shape index (κ2) is 4.74. The summed E-state index contributed by atoms with van der Waals surface area (Å²) in [6.45, 7) is 1.41. The zero-order valence-corrected chi connectivity index (χ0v) is 9.60. The van der Waals surface area contributed by atoms with Crippen LogP contribution in [0.3, 0.4) is 0 Å². The van der Waals surface area contributed by atoms with Crippen LogP contribution in [0.15, 0.2) is 33.9 Å². The second-order valence-corrected chi connectivity index (χ2v) is 3.68. The van der Waals surface area contributed by atoms with E-state index in [0.29, 0.717) is 11.4 Å². The lowest BCUT2D eigenvalue weighted by molar-refractivity contribution is -0.118. The van der Waals surface area contributed by atoms with Gasteiger partial charge >= 0.3 is 11.4 Å². The molecule has 1 aromatic carbocycles.